The first-order valence-corrected chi connectivity index (χ1v) is 4.98. The van der Waals surface area contributed by atoms with E-state index in [1.54, 1.807) is 6.20 Å². The summed E-state index contributed by atoms with van der Waals surface area (Å²) >= 11 is 3.32. The third kappa shape index (κ3) is 2.14. The standard InChI is InChI=1S/C10H9BrN2O/c1-7-2-5-10(14-7)13-9-4-3-8(11)6-12-9/h2-6H,1H3,(H,12,13). The van der Waals surface area contributed by atoms with Crippen molar-refractivity contribution in [3.05, 3.63) is 40.7 Å². The second-order valence-corrected chi connectivity index (χ2v) is 3.81. The number of nitrogens with one attached hydrogen (secondary N) is 1. The Balaban J connectivity index is 2.15. The lowest BCUT2D eigenvalue weighted by molar-refractivity contribution is 0.551. The molecule has 0 unspecified atom stereocenters. The summed E-state index contributed by atoms with van der Waals surface area (Å²) in [6, 6.07) is 7.58. The van der Waals surface area contributed by atoms with E-state index in [0.29, 0.717) is 5.88 Å². The third-order valence-corrected chi connectivity index (χ3v) is 2.19. The molecule has 2 aromatic rings. The molecule has 0 aliphatic rings. The molecule has 0 aromatic carbocycles. The van der Waals surface area contributed by atoms with E-state index in [0.717, 1.165) is 16.1 Å². The van der Waals surface area contributed by atoms with Gasteiger partial charge < -0.3 is 9.73 Å². The van der Waals surface area contributed by atoms with Crippen molar-refractivity contribution in [1.82, 2.24) is 4.98 Å². The monoisotopic (exact) mass is 252 g/mol. The van der Waals surface area contributed by atoms with Crippen LogP contribution in [0, 0.1) is 6.92 Å². The summed E-state index contributed by atoms with van der Waals surface area (Å²) in [5.41, 5.74) is 0. The average molecular weight is 253 g/mol. The van der Waals surface area contributed by atoms with Gasteiger partial charge >= 0.3 is 0 Å². The molecule has 2 rings (SSSR count). The van der Waals surface area contributed by atoms with Crippen LogP contribution in [0.1, 0.15) is 5.76 Å². The average Bonchev–Trinajstić information content (AvgIpc) is 2.56. The fraction of sp³-hybridized carbons (Fsp3) is 0.100. The summed E-state index contributed by atoms with van der Waals surface area (Å²) in [7, 11) is 0. The molecule has 0 amide bonds. The third-order valence-electron chi connectivity index (χ3n) is 1.72. The Labute approximate surface area is 90.3 Å². The zero-order valence-electron chi connectivity index (χ0n) is 7.62. The smallest absolute Gasteiger partial charge is 0.198 e. The van der Waals surface area contributed by atoms with E-state index in [1.165, 1.54) is 0 Å². The number of aryl methyl sites for hydroxylation is 1. The zero-order valence-corrected chi connectivity index (χ0v) is 9.21. The minimum Gasteiger partial charge on any atom is -0.446 e. The van der Waals surface area contributed by atoms with E-state index in [-0.39, 0.29) is 0 Å². The number of aromatic nitrogens is 1. The fourth-order valence-corrected chi connectivity index (χ4v) is 1.31. The van der Waals surface area contributed by atoms with Gasteiger partial charge in [0.15, 0.2) is 5.88 Å². The van der Waals surface area contributed by atoms with Crippen LogP contribution >= 0.6 is 15.9 Å². The quantitative estimate of drug-likeness (QED) is 0.890. The van der Waals surface area contributed by atoms with E-state index in [2.05, 4.69) is 26.2 Å². The van der Waals surface area contributed by atoms with Gasteiger partial charge in [-0.3, -0.25) is 0 Å². The van der Waals surface area contributed by atoms with E-state index in [9.17, 15) is 0 Å². The van der Waals surface area contributed by atoms with Gasteiger partial charge in [0.2, 0.25) is 0 Å². The zero-order chi connectivity index (χ0) is 9.97. The molecule has 0 radical (unpaired) electrons. The van der Waals surface area contributed by atoms with E-state index in [4.69, 9.17) is 4.42 Å². The van der Waals surface area contributed by atoms with Gasteiger partial charge in [-0.15, -0.1) is 0 Å². The van der Waals surface area contributed by atoms with Crippen LogP contribution in [0.4, 0.5) is 11.7 Å². The van der Waals surface area contributed by atoms with Gasteiger partial charge in [0.05, 0.1) is 0 Å². The molecule has 0 spiro atoms. The van der Waals surface area contributed by atoms with Crippen molar-refractivity contribution in [3.63, 3.8) is 0 Å². The molecule has 3 nitrogen and oxygen atoms in total. The molecule has 2 aromatic heterocycles. The van der Waals surface area contributed by atoms with Crippen LogP contribution in [0.3, 0.4) is 0 Å². The molecular formula is C10H9BrN2O. The summed E-state index contributed by atoms with van der Waals surface area (Å²) in [4.78, 5) is 4.16. The number of furan rings is 1. The SMILES string of the molecule is Cc1ccc(Nc2ccc(Br)cn2)o1. The topological polar surface area (TPSA) is 38.1 Å². The lowest BCUT2D eigenvalue weighted by atomic mass is 10.4. The van der Waals surface area contributed by atoms with Gasteiger partial charge in [0.25, 0.3) is 0 Å². The van der Waals surface area contributed by atoms with E-state index < -0.39 is 0 Å². The van der Waals surface area contributed by atoms with E-state index >= 15 is 0 Å². The molecule has 0 saturated heterocycles. The maximum absolute atomic E-state index is 5.35. The Morgan fingerprint density at radius 3 is 2.71 bits per heavy atom. The maximum Gasteiger partial charge on any atom is 0.198 e. The van der Waals surface area contributed by atoms with Crippen molar-refractivity contribution in [2.24, 2.45) is 0 Å². The second-order valence-electron chi connectivity index (χ2n) is 2.90. The minimum atomic E-state index is 0.706. The molecule has 0 fully saturated rings. The number of pyridine rings is 1. The minimum absolute atomic E-state index is 0.706. The Morgan fingerprint density at radius 1 is 1.29 bits per heavy atom. The molecule has 0 bridgehead atoms. The Hall–Kier alpha value is -1.29. The van der Waals surface area contributed by atoms with Crippen LogP contribution < -0.4 is 5.32 Å². The summed E-state index contributed by atoms with van der Waals surface area (Å²) in [5, 5.41) is 3.05. The summed E-state index contributed by atoms with van der Waals surface area (Å²) in [6.45, 7) is 1.90. The molecule has 0 aliphatic heterocycles. The number of nitrogens with zero attached hydrogens (tertiary/aromatic N) is 1. The molecule has 1 N–H and O–H groups in total. The second kappa shape index (κ2) is 3.84. The van der Waals surface area contributed by atoms with Gasteiger partial charge in [-0.1, -0.05) is 0 Å². The first-order valence-electron chi connectivity index (χ1n) is 4.19. The molecule has 14 heavy (non-hydrogen) atoms. The van der Waals surface area contributed by atoms with Crippen molar-refractivity contribution in [1.29, 1.82) is 0 Å². The highest BCUT2D eigenvalue weighted by molar-refractivity contribution is 9.10. The van der Waals surface area contributed by atoms with Crippen LogP contribution in [-0.2, 0) is 0 Å². The van der Waals surface area contributed by atoms with Crippen LogP contribution in [-0.4, -0.2) is 4.98 Å². The van der Waals surface area contributed by atoms with Gasteiger partial charge in [-0.2, -0.15) is 0 Å². The summed E-state index contributed by atoms with van der Waals surface area (Å²) in [5.74, 6) is 2.35. The number of halogens is 1. The van der Waals surface area contributed by atoms with Crippen LogP contribution in [0.2, 0.25) is 0 Å². The molecule has 72 valence electrons. The van der Waals surface area contributed by atoms with Crippen LogP contribution in [0.25, 0.3) is 0 Å². The van der Waals surface area contributed by atoms with Crippen molar-refractivity contribution >= 4 is 27.6 Å². The van der Waals surface area contributed by atoms with Gasteiger partial charge in [-0.05, 0) is 41.1 Å². The number of rotatable bonds is 2. The number of anilines is 2. The summed E-state index contributed by atoms with van der Waals surface area (Å²) in [6.07, 6.45) is 1.73. The first-order chi connectivity index (χ1) is 6.74. The highest BCUT2D eigenvalue weighted by Gasteiger charge is 1.99. The van der Waals surface area contributed by atoms with Crippen LogP contribution in [0.5, 0.6) is 0 Å². The van der Waals surface area contributed by atoms with Gasteiger partial charge in [0, 0.05) is 16.7 Å². The molecule has 0 atom stereocenters. The lowest BCUT2D eigenvalue weighted by Crippen LogP contribution is -1.90. The van der Waals surface area contributed by atoms with Crippen LogP contribution in [0.15, 0.2) is 39.4 Å². The molecule has 0 aliphatic carbocycles. The number of hydrogen-bond donors (Lipinski definition) is 1. The Kier molecular flexibility index (Phi) is 2.54. The van der Waals surface area contributed by atoms with Crippen molar-refractivity contribution < 1.29 is 4.42 Å². The molecule has 2 heterocycles. The summed E-state index contributed by atoms with van der Waals surface area (Å²) < 4.78 is 6.31. The highest BCUT2D eigenvalue weighted by atomic mass is 79.9. The highest BCUT2D eigenvalue weighted by Crippen LogP contribution is 2.18. The number of hydrogen-bond acceptors (Lipinski definition) is 3. The molecule has 0 saturated carbocycles. The predicted octanol–water partition coefficient (Wildman–Crippen LogP) is 3.49. The van der Waals surface area contributed by atoms with Crippen molar-refractivity contribution in [2.75, 3.05) is 5.32 Å². The Bertz CT molecular complexity index is 422. The fourth-order valence-electron chi connectivity index (χ4n) is 1.08. The Morgan fingerprint density at radius 2 is 2.14 bits per heavy atom. The maximum atomic E-state index is 5.35. The lowest BCUT2D eigenvalue weighted by Gasteiger charge is -2.00. The van der Waals surface area contributed by atoms with Gasteiger partial charge in [-0.25, -0.2) is 4.98 Å². The van der Waals surface area contributed by atoms with Crippen molar-refractivity contribution in [2.45, 2.75) is 6.92 Å². The molecule has 4 heteroatoms. The first kappa shape index (κ1) is 9.27. The van der Waals surface area contributed by atoms with E-state index in [1.807, 2.05) is 31.2 Å². The normalized spacial score (nSPS) is 10.1. The van der Waals surface area contributed by atoms with Crippen molar-refractivity contribution in [3.8, 4) is 0 Å². The predicted molar refractivity (Wildman–Crippen MR) is 58.7 cm³/mol. The molecular weight excluding hydrogens is 244 g/mol. The van der Waals surface area contributed by atoms with Gasteiger partial charge in [0.1, 0.15) is 11.6 Å². The largest absolute Gasteiger partial charge is 0.446 e.